The van der Waals surface area contributed by atoms with Crippen LogP contribution in [-0.4, -0.2) is 55.2 Å². The molecule has 0 N–H and O–H groups in total. The third kappa shape index (κ3) is 3.46. The molecule has 0 bridgehead atoms. The zero-order valence-electron chi connectivity index (χ0n) is 18.3. The lowest BCUT2D eigenvalue weighted by atomic mass is 9.89. The number of carbonyl (C=O) groups excluding carboxylic acids is 4. The van der Waals surface area contributed by atoms with E-state index < -0.39 is 41.8 Å². The van der Waals surface area contributed by atoms with Crippen molar-refractivity contribution in [2.75, 3.05) is 21.3 Å². The van der Waals surface area contributed by atoms with Gasteiger partial charge in [0.2, 0.25) is 0 Å². The summed E-state index contributed by atoms with van der Waals surface area (Å²) >= 11 is 0. The number of fused-ring (bicyclic) bond motifs is 1. The number of hydrazine groups is 1. The van der Waals surface area contributed by atoms with Gasteiger partial charge in [0.05, 0.1) is 39.0 Å². The summed E-state index contributed by atoms with van der Waals surface area (Å²) in [5, 5.41) is 2.63. The molecule has 0 saturated carbocycles. The van der Waals surface area contributed by atoms with E-state index >= 15 is 0 Å². The Kier molecular flexibility index (Phi) is 5.97. The monoisotopic (exact) mass is 450 g/mol. The summed E-state index contributed by atoms with van der Waals surface area (Å²) in [5.74, 6) is -4.39. The van der Waals surface area contributed by atoms with Crippen molar-refractivity contribution < 1.29 is 33.4 Å². The van der Waals surface area contributed by atoms with Gasteiger partial charge >= 0.3 is 17.9 Å². The highest BCUT2D eigenvalue weighted by atomic mass is 16.5. The highest BCUT2D eigenvalue weighted by Gasteiger charge is 2.62. The van der Waals surface area contributed by atoms with E-state index in [9.17, 15) is 19.2 Å². The van der Waals surface area contributed by atoms with Crippen LogP contribution in [0.4, 0.5) is 0 Å². The minimum absolute atomic E-state index is 0.0480. The van der Waals surface area contributed by atoms with Gasteiger partial charge in [0.1, 0.15) is 0 Å². The minimum Gasteiger partial charge on any atom is -0.468 e. The van der Waals surface area contributed by atoms with Crippen molar-refractivity contribution in [3.05, 3.63) is 83.1 Å². The molecule has 1 fully saturated rings. The first-order valence-corrected chi connectivity index (χ1v) is 10.2. The Morgan fingerprint density at radius 2 is 1.30 bits per heavy atom. The van der Waals surface area contributed by atoms with Crippen molar-refractivity contribution >= 4 is 23.8 Å². The lowest BCUT2D eigenvalue weighted by Crippen LogP contribution is -2.38. The highest BCUT2D eigenvalue weighted by molar-refractivity contribution is 6.09. The van der Waals surface area contributed by atoms with Crippen molar-refractivity contribution in [1.82, 2.24) is 10.0 Å². The first-order valence-electron chi connectivity index (χ1n) is 10.2. The Bertz CT molecular complexity index is 1130. The Labute approximate surface area is 190 Å². The largest absolute Gasteiger partial charge is 0.468 e. The molecule has 3 atom stereocenters. The second kappa shape index (κ2) is 8.87. The summed E-state index contributed by atoms with van der Waals surface area (Å²) in [5.41, 5.74) is 0.935. The molecule has 0 unspecified atom stereocenters. The zero-order chi connectivity index (χ0) is 23.7. The number of carbonyl (C=O) groups is 4. The third-order valence-corrected chi connectivity index (χ3v) is 5.81. The number of benzene rings is 2. The van der Waals surface area contributed by atoms with Crippen LogP contribution < -0.4 is 0 Å². The van der Waals surface area contributed by atoms with Crippen LogP contribution in [0.2, 0.25) is 0 Å². The molecule has 2 aromatic rings. The Morgan fingerprint density at radius 3 is 1.82 bits per heavy atom. The van der Waals surface area contributed by atoms with Crippen molar-refractivity contribution in [2.45, 2.75) is 12.1 Å². The molecule has 33 heavy (non-hydrogen) atoms. The first kappa shape index (κ1) is 22.2. The fourth-order valence-electron chi connectivity index (χ4n) is 4.45. The summed E-state index contributed by atoms with van der Waals surface area (Å²) in [6.45, 7) is 0. The van der Waals surface area contributed by atoms with Crippen LogP contribution >= 0.6 is 0 Å². The van der Waals surface area contributed by atoms with Crippen LogP contribution in [0.1, 0.15) is 23.2 Å². The Hall–Kier alpha value is -3.98. The molecule has 0 aliphatic carbocycles. The molecular formula is C24H22N2O7. The summed E-state index contributed by atoms with van der Waals surface area (Å²) in [6, 6.07) is 16.1. The molecule has 2 aromatic carbocycles. The Morgan fingerprint density at radius 1 is 0.758 bits per heavy atom. The molecule has 0 aromatic heterocycles. The second-order valence-electron chi connectivity index (χ2n) is 7.45. The number of esters is 3. The van der Waals surface area contributed by atoms with Crippen molar-refractivity contribution in [3.8, 4) is 0 Å². The fourth-order valence-corrected chi connectivity index (χ4v) is 4.45. The van der Waals surface area contributed by atoms with E-state index in [4.69, 9.17) is 14.2 Å². The van der Waals surface area contributed by atoms with Crippen molar-refractivity contribution in [2.24, 2.45) is 5.92 Å². The average molecular weight is 450 g/mol. The molecule has 170 valence electrons. The molecule has 1 saturated heterocycles. The molecule has 4 rings (SSSR count). The molecule has 1 amide bonds. The number of rotatable bonds is 5. The van der Waals surface area contributed by atoms with Crippen LogP contribution in [0.3, 0.4) is 0 Å². The van der Waals surface area contributed by atoms with E-state index in [1.165, 1.54) is 14.2 Å². The molecule has 0 radical (unpaired) electrons. The summed E-state index contributed by atoms with van der Waals surface area (Å²) < 4.78 is 14.9. The highest BCUT2D eigenvalue weighted by Crippen LogP contribution is 2.53. The standard InChI is InChI=1S/C24H22N2O7/c1-31-22(28)16-18(14-10-6-4-7-11-14)25-19(15-12-8-5-9-13-15)17(23(29)32-2)21(27)26(25)20(16)24(30)33-3/h4-13,17-19H,1-3H3/t17-,18+,19-/m1/s1. The fraction of sp³-hybridized carbons (Fsp3) is 0.250. The van der Waals surface area contributed by atoms with Crippen molar-refractivity contribution in [1.29, 1.82) is 0 Å². The van der Waals surface area contributed by atoms with Crippen LogP contribution in [0.15, 0.2) is 71.9 Å². The predicted octanol–water partition coefficient (Wildman–Crippen LogP) is 1.93. The number of ether oxygens (including phenoxy) is 3. The van der Waals surface area contributed by atoms with Crippen LogP contribution in [0, 0.1) is 5.92 Å². The van der Waals surface area contributed by atoms with Gasteiger partial charge in [-0.25, -0.2) is 14.6 Å². The van der Waals surface area contributed by atoms with Gasteiger partial charge in [0, 0.05) is 0 Å². The molecule has 2 aliphatic rings. The molecule has 9 nitrogen and oxygen atoms in total. The van der Waals surface area contributed by atoms with E-state index in [-0.39, 0.29) is 11.3 Å². The summed E-state index contributed by atoms with van der Waals surface area (Å²) in [4.78, 5) is 52.2. The maximum Gasteiger partial charge on any atom is 0.356 e. The van der Waals surface area contributed by atoms with Crippen LogP contribution in [0.5, 0.6) is 0 Å². The molecule has 0 spiro atoms. The maximum atomic E-state index is 13.6. The first-order chi connectivity index (χ1) is 16.0. The quantitative estimate of drug-likeness (QED) is 0.387. The van der Waals surface area contributed by atoms with Gasteiger partial charge in [-0.05, 0) is 11.1 Å². The lowest BCUT2D eigenvalue weighted by Gasteiger charge is -2.32. The Balaban J connectivity index is 2.02. The van der Waals surface area contributed by atoms with Crippen LogP contribution in [0.25, 0.3) is 0 Å². The molecular weight excluding hydrogens is 428 g/mol. The SMILES string of the molecule is COC(=O)C1=C(C(=O)OC)N2C(=O)[C@H](C(=O)OC)[C@@H](c3ccccc3)N2[C@H]1c1ccccc1. The summed E-state index contributed by atoms with van der Waals surface area (Å²) in [7, 11) is 3.54. The topological polar surface area (TPSA) is 102 Å². The smallest absolute Gasteiger partial charge is 0.356 e. The molecule has 2 aliphatic heterocycles. The number of nitrogens with zero attached hydrogens (tertiary/aromatic N) is 2. The van der Waals surface area contributed by atoms with E-state index in [1.807, 2.05) is 6.07 Å². The van der Waals surface area contributed by atoms with Gasteiger partial charge < -0.3 is 14.2 Å². The summed E-state index contributed by atoms with van der Waals surface area (Å²) in [6.07, 6.45) is 0. The van der Waals surface area contributed by atoms with E-state index in [0.717, 1.165) is 12.1 Å². The van der Waals surface area contributed by atoms with Gasteiger partial charge in [0.15, 0.2) is 11.6 Å². The number of hydrogen-bond donors (Lipinski definition) is 0. The third-order valence-electron chi connectivity index (χ3n) is 5.81. The predicted molar refractivity (Wildman–Crippen MR) is 114 cm³/mol. The number of amides is 1. The van der Waals surface area contributed by atoms with E-state index in [1.54, 1.807) is 59.6 Å². The maximum absolute atomic E-state index is 13.6. The number of hydrogen-bond acceptors (Lipinski definition) is 8. The van der Waals surface area contributed by atoms with Crippen LogP contribution in [-0.2, 0) is 33.4 Å². The van der Waals surface area contributed by atoms with Gasteiger partial charge in [-0.2, -0.15) is 5.01 Å². The van der Waals surface area contributed by atoms with E-state index in [0.29, 0.717) is 11.1 Å². The van der Waals surface area contributed by atoms with Gasteiger partial charge in [0.25, 0.3) is 5.91 Å². The van der Waals surface area contributed by atoms with Gasteiger partial charge in [-0.1, -0.05) is 60.7 Å². The molecule has 2 heterocycles. The average Bonchev–Trinajstić information content (AvgIpc) is 3.36. The zero-order valence-corrected chi connectivity index (χ0v) is 18.3. The van der Waals surface area contributed by atoms with Gasteiger partial charge in [-0.15, -0.1) is 0 Å². The normalized spacial score (nSPS) is 22.2. The van der Waals surface area contributed by atoms with Crippen molar-refractivity contribution in [3.63, 3.8) is 0 Å². The lowest BCUT2D eigenvalue weighted by molar-refractivity contribution is -0.152. The number of methoxy groups -OCH3 is 3. The second-order valence-corrected chi connectivity index (χ2v) is 7.45. The van der Waals surface area contributed by atoms with Gasteiger partial charge in [-0.3, -0.25) is 9.59 Å². The minimum atomic E-state index is -1.26. The molecule has 9 heteroatoms. The van der Waals surface area contributed by atoms with E-state index in [2.05, 4.69) is 0 Å².